The van der Waals surface area contributed by atoms with E-state index < -0.39 is 29.3 Å². The van der Waals surface area contributed by atoms with Gasteiger partial charge in [-0.25, -0.2) is 4.98 Å². The maximum Gasteiger partial charge on any atom is 0.326 e. The number of benzene rings is 2. The van der Waals surface area contributed by atoms with Crippen LogP contribution in [-0.2, 0) is 32.3 Å². The molecule has 1 aromatic heterocycles. The van der Waals surface area contributed by atoms with E-state index in [1.165, 1.54) is 18.1 Å². The van der Waals surface area contributed by atoms with E-state index in [1.54, 1.807) is 0 Å². The molecule has 4 N–H and O–H groups in total. The summed E-state index contributed by atoms with van der Waals surface area (Å²) >= 11 is 1.40. The number of aromatic nitrogens is 3. The number of aromatic amines is 1. The molecule has 182 valence electrons. The third-order valence-electron chi connectivity index (χ3n) is 6.12. The van der Waals surface area contributed by atoms with Crippen LogP contribution in [0.3, 0.4) is 0 Å². The standard InChI is InChI=1S/C25H27N5O4S/c26-13-20(22(31)33-14-17-7-3-1-4-8-17)21-11-19(35-24-28-16-29-30-24)12-25(21,27)23(32)34-15-18-9-5-2-6-10-18/h1-10,13,16,19-21,26H,11-12,14-15,27H2,(H,28,29,30)/t19-,20+,21?,25+/m1/s1. The molecule has 0 amide bonds. The molecular formula is C25H27N5O4S. The molecule has 1 heterocycles. The van der Waals surface area contributed by atoms with E-state index in [0.717, 1.165) is 17.3 Å². The van der Waals surface area contributed by atoms with Crippen molar-refractivity contribution in [3.8, 4) is 0 Å². The summed E-state index contributed by atoms with van der Waals surface area (Å²) in [6.07, 6.45) is 3.08. The van der Waals surface area contributed by atoms with Gasteiger partial charge in [-0.3, -0.25) is 14.7 Å². The predicted molar refractivity (Wildman–Crippen MR) is 130 cm³/mol. The molecule has 0 spiro atoms. The maximum atomic E-state index is 13.3. The number of H-pyrrole nitrogens is 1. The summed E-state index contributed by atoms with van der Waals surface area (Å²) < 4.78 is 11.1. The number of nitrogens with two attached hydrogens (primary N) is 1. The van der Waals surface area contributed by atoms with Gasteiger partial charge in [0.15, 0.2) is 5.16 Å². The highest BCUT2D eigenvalue weighted by Gasteiger charge is 2.55. The minimum Gasteiger partial charge on any atom is -0.460 e. The SMILES string of the molecule is N=C[C@H](C(=O)OCc1ccccc1)C1C[C@@H](Sc2ncn[nH]2)C[C@@]1(N)C(=O)OCc1ccccc1. The van der Waals surface area contributed by atoms with Crippen molar-refractivity contribution in [1.82, 2.24) is 15.2 Å². The lowest BCUT2D eigenvalue weighted by molar-refractivity contribution is -0.156. The van der Waals surface area contributed by atoms with Crippen LogP contribution in [0.2, 0.25) is 0 Å². The smallest absolute Gasteiger partial charge is 0.326 e. The summed E-state index contributed by atoms with van der Waals surface area (Å²) in [5.74, 6) is -2.86. The zero-order valence-electron chi connectivity index (χ0n) is 19.0. The first-order valence-electron chi connectivity index (χ1n) is 11.2. The average Bonchev–Trinajstić information content (AvgIpc) is 3.51. The number of hydrogen-bond donors (Lipinski definition) is 3. The molecule has 1 aliphatic rings. The van der Waals surface area contributed by atoms with Crippen LogP contribution in [0, 0.1) is 17.2 Å². The third-order valence-corrected chi connectivity index (χ3v) is 7.23. The van der Waals surface area contributed by atoms with Gasteiger partial charge in [0.1, 0.15) is 25.1 Å². The number of esters is 2. The predicted octanol–water partition coefficient (Wildman–Crippen LogP) is 3.13. The monoisotopic (exact) mass is 493 g/mol. The number of nitrogens with one attached hydrogen (secondary N) is 2. The number of hydrogen-bond acceptors (Lipinski definition) is 9. The van der Waals surface area contributed by atoms with E-state index >= 15 is 0 Å². The van der Waals surface area contributed by atoms with Gasteiger partial charge in [0.05, 0.1) is 5.92 Å². The molecule has 0 saturated heterocycles. The third kappa shape index (κ3) is 5.95. The Kier molecular flexibility index (Phi) is 7.94. The van der Waals surface area contributed by atoms with Gasteiger partial charge in [0, 0.05) is 17.4 Å². The number of carbonyl (C=O) groups excluding carboxylic acids is 2. The van der Waals surface area contributed by atoms with Crippen molar-refractivity contribution in [2.24, 2.45) is 17.6 Å². The van der Waals surface area contributed by atoms with Crippen molar-refractivity contribution < 1.29 is 19.1 Å². The fourth-order valence-electron chi connectivity index (χ4n) is 4.34. The van der Waals surface area contributed by atoms with Crippen LogP contribution >= 0.6 is 11.8 Å². The summed E-state index contributed by atoms with van der Waals surface area (Å²) in [4.78, 5) is 30.5. The first kappa shape index (κ1) is 24.6. The Morgan fingerprint density at radius 1 is 1.11 bits per heavy atom. The Labute approximate surface area is 207 Å². The first-order chi connectivity index (χ1) is 17.0. The van der Waals surface area contributed by atoms with E-state index in [9.17, 15) is 9.59 Å². The molecule has 4 rings (SSSR count). The van der Waals surface area contributed by atoms with Crippen molar-refractivity contribution in [3.05, 3.63) is 78.1 Å². The quantitative estimate of drug-likeness (QED) is 0.289. The number of ether oxygens (including phenoxy) is 2. The molecule has 2 aromatic carbocycles. The Hall–Kier alpha value is -3.50. The lowest BCUT2D eigenvalue weighted by atomic mass is 9.79. The molecule has 0 aliphatic heterocycles. The lowest BCUT2D eigenvalue weighted by Gasteiger charge is -2.32. The summed E-state index contributed by atoms with van der Waals surface area (Å²) in [5, 5.41) is 15.1. The van der Waals surface area contributed by atoms with Crippen LogP contribution < -0.4 is 5.73 Å². The highest BCUT2D eigenvalue weighted by atomic mass is 32.2. The molecule has 4 atom stereocenters. The van der Waals surface area contributed by atoms with Gasteiger partial charge in [0.2, 0.25) is 0 Å². The van der Waals surface area contributed by atoms with Crippen molar-refractivity contribution >= 4 is 29.9 Å². The summed E-state index contributed by atoms with van der Waals surface area (Å²) in [5.41, 5.74) is 6.90. The molecule has 3 aromatic rings. The summed E-state index contributed by atoms with van der Waals surface area (Å²) in [7, 11) is 0. The Bertz CT molecular complexity index is 1130. The van der Waals surface area contributed by atoms with Gasteiger partial charge >= 0.3 is 11.9 Å². The number of rotatable bonds is 10. The van der Waals surface area contributed by atoms with Gasteiger partial charge in [-0.05, 0) is 24.0 Å². The lowest BCUT2D eigenvalue weighted by Crippen LogP contribution is -2.55. The van der Waals surface area contributed by atoms with E-state index in [2.05, 4.69) is 15.2 Å². The van der Waals surface area contributed by atoms with Crippen LogP contribution in [0.15, 0.2) is 72.1 Å². The number of nitrogens with zero attached hydrogens (tertiary/aromatic N) is 2. The van der Waals surface area contributed by atoms with E-state index in [1.807, 2.05) is 60.7 Å². The van der Waals surface area contributed by atoms with E-state index in [-0.39, 0.29) is 24.9 Å². The highest BCUT2D eigenvalue weighted by Crippen LogP contribution is 2.46. The van der Waals surface area contributed by atoms with Gasteiger partial charge < -0.3 is 20.6 Å². The van der Waals surface area contributed by atoms with Crippen LogP contribution in [0.25, 0.3) is 0 Å². The molecule has 1 unspecified atom stereocenters. The van der Waals surface area contributed by atoms with E-state index in [0.29, 0.717) is 11.6 Å². The molecule has 10 heteroatoms. The summed E-state index contributed by atoms with van der Waals surface area (Å²) in [6, 6.07) is 18.6. The fraction of sp³-hybridized carbons (Fsp3) is 0.320. The molecule has 1 aliphatic carbocycles. The van der Waals surface area contributed by atoms with Gasteiger partial charge in [-0.2, -0.15) is 5.10 Å². The van der Waals surface area contributed by atoms with Crippen LogP contribution in [0.1, 0.15) is 24.0 Å². The Balaban J connectivity index is 1.51. The fourth-order valence-corrected chi connectivity index (χ4v) is 5.53. The maximum absolute atomic E-state index is 13.3. The van der Waals surface area contributed by atoms with Crippen molar-refractivity contribution in [3.63, 3.8) is 0 Å². The van der Waals surface area contributed by atoms with Gasteiger partial charge in [-0.1, -0.05) is 72.4 Å². The first-order valence-corrected chi connectivity index (χ1v) is 12.1. The number of carbonyl (C=O) groups is 2. The van der Waals surface area contributed by atoms with Crippen LogP contribution in [0.4, 0.5) is 0 Å². The number of thioether (sulfide) groups is 1. The minimum atomic E-state index is -1.47. The molecule has 35 heavy (non-hydrogen) atoms. The Morgan fingerprint density at radius 3 is 2.31 bits per heavy atom. The topological polar surface area (TPSA) is 144 Å². The zero-order chi connectivity index (χ0) is 24.7. The molecule has 1 fully saturated rings. The van der Waals surface area contributed by atoms with Crippen molar-refractivity contribution in [1.29, 1.82) is 5.41 Å². The molecule has 0 bridgehead atoms. The minimum absolute atomic E-state index is 0.0684. The van der Waals surface area contributed by atoms with Crippen molar-refractivity contribution in [2.75, 3.05) is 0 Å². The normalized spacial score (nSPS) is 22.3. The molecular weight excluding hydrogens is 466 g/mol. The van der Waals surface area contributed by atoms with Crippen LogP contribution in [0.5, 0.6) is 0 Å². The highest BCUT2D eigenvalue weighted by molar-refractivity contribution is 7.99. The summed E-state index contributed by atoms with van der Waals surface area (Å²) in [6.45, 7) is 0.141. The van der Waals surface area contributed by atoms with Crippen molar-refractivity contribution in [2.45, 2.75) is 42.0 Å². The largest absolute Gasteiger partial charge is 0.460 e. The van der Waals surface area contributed by atoms with Gasteiger partial charge in [0.25, 0.3) is 0 Å². The molecule has 0 radical (unpaired) electrons. The second-order valence-corrected chi connectivity index (χ2v) is 9.75. The average molecular weight is 494 g/mol. The zero-order valence-corrected chi connectivity index (χ0v) is 19.8. The van der Waals surface area contributed by atoms with Gasteiger partial charge in [-0.15, -0.1) is 0 Å². The Morgan fingerprint density at radius 2 is 1.74 bits per heavy atom. The second kappa shape index (κ2) is 11.3. The molecule has 9 nitrogen and oxygen atoms in total. The van der Waals surface area contributed by atoms with E-state index in [4.69, 9.17) is 20.6 Å². The molecule has 1 saturated carbocycles. The van der Waals surface area contributed by atoms with Crippen LogP contribution in [-0.4, -0.2) is 44.1 Å². The second-order valence-electron chi connectivity index (χ2n) is 8.46.